The van der Waals surface area contributed by atoms with Crippen molar-refractivity contribution in [2.24, 2.45) is 7.05 Å². The summed E-state index contributed by atoms with van der Waals surface area (Å²) in [5.41, 5.74) is 2.54. The number of halogens is 1. The van der Waals surface area contributed by atoms with Crippen molar-refractivity contribution >= 4 is 22.3 Å². The van der Waals surface area contributed by atoms with E-state index in [4.69, 9.17) is 0 Å². The maximum absolute atomic E-state index is 14.5. The summed E-state index contributed by atoms with van der Waals surface area (Å²) in [5.74, 6) is 0.781. The van der Waals surface area contributed by atoms with Crippen LogP contribution in [0, 0.1) is 5.82 Å². The van der Waals surface area contributed by atoms with Gasteiger partial charge in [0, 0.05) is 56.0 Å². The van der Waals surface area contributed by atoms with Crippen molar-refractivity contribution in [3.63, 3.8) is 0 Å². The first kappa shape index (κ1) is 20.6. The van der Waals surface area contributed by atoms with Crippen LogP contribution in [0.25, 0.3) is 22.2 Å². The van der Waals surface area contributed by atoms with Crippen LogP contribution >= 0.6 is 0 Å². The normalized spacial score (nSPS) is 15.4. The number of hydrogen-bond acceptors (Lipinski definition) is 4. The molecule has 1 fully saturated rings. The van der Waals surface area contributed by atoms with Gasteiger partial charge in [-0.15, -0.1) is 10.2 Å². The predicted molar refractivity (Wildman–Crippen MR) is 127 cm³/mol. The molecule has 32 heavy (non-hydrogen) atoms. The van der Waals surface area contributed by atoms with Crippen LogP contribution in [0.3, 0.4) is 0 Å². The molecule has 0 saturated carbocycles. The van der Waals surface area contributed by atoms with Gasteiger partial charge in [0.05, 0.1) is 25.8 Å². The van der Waals surface area contributed by atoms with Crippen LogP contribution in [-0.2, 0) is 7.05 Å². The van der Waals surface area contributed by atoms with Gasteiger partial charge in [0.15, 0.2) is 17.3 Å². The quantitative estimate of drug-likeness (QED) is 0.449. The molecule has 0 atom stereocenters. The van der Waals surface area contributed by atoms with Gasteiger partial charge in [-0.1, -0.05) is 36.4 Å². The van der Waals surface area contributed by atoms with Gasteiger partial charge in [-0.3, -0.25) is 9.16 Å². The lowest BCUT2D eigenvalue weighted by Crippen LogP contribution is -2.55. The van der Waals surface area contributed by atoms with Crippen LogP contribution in [0.4, 0.5) is 15.9 Å². The topological polar surface area (TPSA) is 46.8 Å². The number of fused-ring (bicyclic) bond motifs is 1. The molecular formula is C25H28FN6+. The number of hydrogen-bond donors (Lipinski definition) is 0. The van der Waals surface area contributed by atoms with E-state index in [1.807, 2.05) is 42.1 Å². The Bertz CT molecular complexity index is 1260. The lowest BCUT2D eigenvalue weighted by atomic mass is 9.99. The summed E-state index contributed by atoms with van der Waals surface area (Å²) in [4.78, 5) is 2.32. The zero-order chi connectivity index (χ0) is 22.3. The van der Waals surface area contributed by atoms with E-state index in [-0.39, 0.29) is 5.82 Å². The minimum atomic E-state index is -0.137. The van der Waals surface area contributed by atoms with Crippen LogP contribution in [0.5, 0.6) is 0 Å². The van der Waals surface area contributed by atoms with E-state index >= 15 is 0 Å². The number of aryl methyl sites for hydroxylation is 1. The van der Waals surface area contributed by atoms with E-state index in [0.29, 0.717) is 10.5 Å². The lowest BCUT2D eigenvalue weighted by molar-refractivity contribution is 0.242. The fourth-order valence-corrected chi connectivity index (χ4v) is 4.96. The summed E-state index contributed by atoms with van der Waals surface area (Å²) < 4.78 is 16.9. The van der Waals surface area contributed by atoms with Crippen LogP contribution in [0.15, 0.2) is 60.8 Å². The molecule has 2 aromatic heterocycles. The van der Waals surface area contributed by atoms with Crippen molar-refractivity contribution in [2.75, 3.05) is 32.1 Å². The summed E-state index contributed by atoms with van der Waals surface area (Å²) >= 11 is 0. The highest BCUT2D eigenvalue weighted by atomic mass is 19.1. The van der Waals surface area contributed by atoms with Gasteiger partial charge >= 0.3 is 0 Å². The molecule has 0 spiro atoms. The van der Waals surface area contributed by atoms with Crippen LogP contribution in [0.1, 0.15) is 12.8 Å². The highest BCUT2D eigenvalue weighted by Crippen LogP contribution is 2.35. The minimum absolute atomic E-state index is 0.137. The van der Waals surface area contributed by atoms with Gasteiger partial charge in [-0.25, -0.2) is 4.39 Å². The van der Waals surface area contributed by atoms with E-state index in [0.717, 1.165) is 59.6 Å². The second-order valence-electron chi connectivity index (χ2n) is 8.97. The molecule has 0 N–H and O–H groups in total. The number of nitrogens with zero attached hydrogens (tertiary/aromatic N) is 6. The number of benzene rings is 2. The summed E-state index contributed by atoms with van der Waals surface area (Å²) in [6.07, 6.45) is 3.70. The van der Waals surface area contributed by atoms with E-state index in [1.165, 1.54) is 0 Å². The van der Waals surface area contributed by atoms with Crippen molar-refractivity contribution in [1.29, 1.82) is 0 Å². The Labute approximate surface area is 187 Å². The molecular weight excluding hydrogens is 403 g/mol. The van der Waals surface area contributed by atoms with Crippen LogP contribution < -0.4 is 9.38 Å². The Hall–Kier alpha value is -3.32. The number of rotatable bonds is 4. The molecule has 4 aromatic rings. The molecule has 0 unspecified atom stereocenters. The molecule has 164 valence electrons. The highest BCUT2D eigenvalue weighted by molar-refractivity contribution is 5.99. The number of aromatic nitrogens is 4. The molecule has 2 aromatic carbocycles. The van der Waals surface area contributed by atoms with Crippen LogP contribution in [0.2, 0.25) is 0 Å². The molecule has 3 heterocycles. The third-order valence-electron chi connectivity index (χ3n) is 6.88. The minimum Gasteiger partial charge on any atom is -0.354 e. The van der Waals surface area contributed by atoms with Crippen LogP contribution in [-0.4, -0.2) is 53.2 Å². The Morgan fingerprint density at radius 1 is 0.906 bits per heavy atom. The summed E-state index contributed by atoms with van der Waals surface area (Å²) in [7, 11) is 6.13. The lowest BCUT2D eigenvalue weighted by Gasteiger charge is -2.42. The first-order valence-corrected chi connectivity index (χ1v) is 11.0. The average molecular weight is 432 g/mol. The zero-order valence-corrected chi connectivity index (χ0v) is 18.7. The van der Waals surface area contributed by atoms with Crippen molar-refractivity contribution in [1.82, 2.24) is 24.5 Å². The second kappa shape index (κ2) is 7.98. The SMILES string of the molecule is Cn1nccc1-c1nnc(N2CCC([N+](C)(C)c3ccccc3F)CC2)c2ccccc12. The predicted octanol–water partition coefficient (Wildman–Crippen LogP) is 4.41. The van der Waals surface area contributed by atoms with E-state index in [1.54, 1.807) is 18.3 Å². The first-order valence-electron chi connectivity index (χ1n) is 11.0. The van der Waals surface area contributed by atoms with Gasteiger partial charge in [0.2, 0.25) is 0 Å². The molecule has 1 aliphatic rings. The second-order valence-corrected chi connectivity index (χ2v) is 8.97. The van der Waals surface area contributed by atoms with Gasteiger partial charge in [-0.05, 0) is 12.1 Å². The van der Waals surface area contributed by atoms with E-state index in [2.05, 4.69) is 46.4 Å². The number of anilines is 1. The molecule has 7 heteroatoms. The summed E-state index contributed by atoms with van der Waals surface area (Å²) in [6.45, 7) is 1.73. The highest BCUT2D eigenvalue weighted by Gasteiger charge is 2.36. The van der Waals surface area contributed by atoms with Gasteiger partial charge in [-0.2, -0.15) is 5.10 Å². The van der Waals surface area contributed by atoms with Crippen molar-refractivity contribution in [3.8, 4) is 11.4 Å². The summed E-state index contributed by atoms with van der Waals surface area (Å²) in [5, 5.41) is 15.7. The maximum atomic E-state index is 14.5. The van der Waals surface area contributed by atoms with Crippen molar-refractivity contribution in [3.05, 3.63) is 66.6 Å². The third-order valence-corrected chi connectivity index (χ3v) is 6.88. The smallest absolute Gasteiger partial charge is 0.183 e. The average Bonchev–Trinajstić information content (AvgIpc) is 3.24. The molecule has 0 aliphatic carbocycles. The Morgan fingerprint density at radius 2 is 1.59 bits per heavy atom. The standard InChI is InChI=1S/C25H28FN6/c1-30-22(12-15-27-30)24-19-8-4-5-9-20(19)25(29-28-24)31-16-13-18(14-17-31)32(2,3)23-11-7-6-10-21(23)26/h4-12,15,18H,13-14,16-17H2,1-3H3/q+1. The number of quaternary nitrogens is 1. The molecule has 1 aliphatic heterocycles. The molecule has 1 saturated heterocycles. The molecule has 5 rings (SSSR count). The largest absolute Gasteiger partial charge is 0.354 e. The Morgan fingerprint density at radius 3 is 2.28 bits per heavy atom. The van der Waals surface area contributed by atoms with E-state index in [9.17, 15) is 4.39 Å². The van der Waals surface area contributed by atoms with Gasteiger partial charge in [0.25, 0.3) is 0 Å². The maximum Gasteiger partial charge on any atom is 0.183 e. The van der Waals surface area contributed by atoms with Crippen molar-refractivity contribution in [2.45, 2.75) is 18.9 Å². The van der Waals surface area contributed by atoms with Gasteiger partial charge < -0.3 is 4.90 Å². The Balaban J connectivity index is 1.43. The molecule has 0 radical (unpaired) electrons. The zero-order valence-electron chi connectivity index (χ0n) is 18.7. The fraction of sp³-hybridized carbons (Fsp3) is 0.320. The first-order chi connectivity index (χ1) is 15.5. The van der Waals surface area contributed by atoms with Gasteiger partial charge in [0.1, 0.15) is 5.69 Å². The third kappa shape index (κ3) is 3.42. The molecule has 0 amide bonds. The molecule has 6 nitrogen and oxygen atoms in total. The van der Waals surface area contributed by atoms with E-state index < -0.39 is 0 Å². The summed E-state index contributed by atoms with van der Waals surface area (Å²) in [6, 6.07) is 17.7. The number of para-hydroxylation sites is 1. The Kier molecular flexibility index (Phi) is 5.13. The number of piperidine rings is 1. The van der Waals surface area contributed by atoms with Crippen molar-refractivity contribution < 1.29 is 4.39 Å². The monoisotopic (exact) mass is 431 g/mol. The fourth-order valence-electron chi connectivity index (χ4n) is 4.96. The molecule has 0 bridgehead atoms.